The second kappa shape index (κ2) is 6.36. The largest absolute Gasteiger partial charge is 0.416 e. The summed E-state index contributed by atoms with van der Waals surface area (Å²) in [5.41, 5.74) is 4.24. The molecule has 0 saturated carbocycles. The number of alkyl halides is 3. The summed E-state index contributed by atoms with van der Waals surface area (Å²) in [6.45, 7) is -0.178. The number of sulfonamides is 1. The highest BCUT2D eigenvalue weighted by atomic mass is 32.2. The SMILES string of the molecule is NCCCS(=O)(=O)NCc1ccccc1C(F)(F)F. The molecule has 1 aromatic rings. The van der Waals surface area contributed by atoms with Crippen LogP contribution in [0.5, 0.6) is 0 Å². The van der Waals surface area contributed by atoms with Crippen molar-refractivity contribution in [3.8, 4) is 0 Å². The maximum Gasteiger partial charge on any atom is 0.416 e. The molecule has 108 valence electrons. The van der Waals surface area contributed by atoms with Crippen LogP contribution >= 0.6 is 0 Å². The summed E-state index contributed by atoms with van der Waals surface area (Å²) in [6.07, 6.45) is -4.24. The molecule has 4 nitrogen and oxygen atoms in total. The first-order chi connectivity index (χ1) is 8.76. The van der Waals surface area contributed by atoms with Crippen molar-refractivity contribution in [3.05, 3.63) is 35.4 Å². The van der Waals surface area contributed by atoms with Gasteiger partial charge in [0.1, 0.15) is 0 Å². The molecular weight excluding hydrogens is 281 g/mol. The van der Waals surface area contributed by atoms with E-state index < -0.39 is 21.8 Å². The van der Waals surface area contributed by atoms with Crippen LogP contribution in [0.15, 0.2) is 24.3 Å². The van der Waals surface area contributed by atoms with Gasteiger partial charge in [0.25, 0.3) is 0 Å². The van der Waals surface area contributed by atoms with E-state index in [9.17, 15) is 21.6 Å². The van der Waals surface area contributed by atoms with Crippen molar-refractivity contribution in [2.45, 2.75) is 19.1 Å². The highest BCUT2D eigenvalue weighted by Gasteiger charge is 2.32. The van der Waals surface area contributed by atoms with Gasteiger partial charge >= 0.3 is 6.18 Å². The average molecular weight is 296 g/mol. The fourth-order valence-electron chi connectivity index (χ4n) is 1.48. The minimum absolute atomic E-state index is 0.105. The van der Waals surface area contributed by atoms with Crippen LogP contribution < -0.4 is 10.5 Å². The van der Waals surface area contributed by atoms with E-state index in [4.69, 9.17) is 5.73 Å². The van der Waals surface area contributed by atoms with Crippen LogP contribution in [-0.2, 0) is 22.7 Å². The quantitative estimate of drug-likeness (QED) is 0.835. The lowest BCUT2D eigenvalue weighted by atomic mass is 10.1. The van der Waals surface area contributed by atoms with Crippen LogP contribution in [0.3, 0.4) is 0 Å². The van der Waals surface area contributed by atoms with Crippen LogP contribution in [0.1, 0.15) is 17.5 Å². The molecule has 0 fully saturated rings. The summed E-state index contributed by atoms with van der Waals surface area (Å²) in [5.74, 6) is -0.197. The third-order valence-corrected chi connectivity index (χ3v) is 3.83. The predicted molar refractivity (Wildman–Crippen MR) is 65.7 cm³/mol. The lowest BCUT2D eigenvalue weighted by Crippen LogP contribution is -2.28. The molecule has 19 heavy (non-hydrogen) atoms. The number of nitrogens with one attached hydrogen (secondary N) is 1. The summed E-state index contributed by atoms with van der Waals surface area (Å²) in [5, 5.41) is 0. The Labute approximate surface area is 109 Å². The number of hydrogen-bond donors (Lipinski definition) is 2. The molecule has 0 radical (unpaired) electrons. The second-order valence-electron chi connectivity index (χ2n) is 3.94. The molecule has 0 unspecified atom stereocenters. The van der Waals surface area contributed by atoms with E-state index in [1.807, 2.05) is 0 Å². The number of halogens is 3. The average Bonchev–Trinajstić information content (AvgIpc) is 2.33. The van der Waals surface area contributed by atoms with E-state index in [0.29, 0.717) is 0 Å². The van der Waals surface area contributed by atoms with Crippen LogP contribution in [0, 0.1) is 0 Å². The van der Waals surface area contributed by atoms with Gasteiger partial charge < -0.3 is 5.73 Å². The van der Waals surface area contributed by atoms with E-state index in [2.05, 4.69) is 4.72 Å². The summed E-state index contributed by atoms with van der Waals surface area (Å²) in [4.78, 5) is 0. The molecule has 0 aliphatic heterocycles. The molecule has 0 atom stereocenters. The standard InChI is InChI=1S/C11H15F3N2O2S/c12-11(13,14)10-5-2-1-4-9(10)8-16-19(17,18)7-3-6-15/h1-2,4-5,16H,3,6-8,15H2. The van der Waals surface area contributed by atoms with Crippen molar-refractivity contribution in [2.75, 3.05) is 12.3 Å². The molecule has 8 heteroatoms. The fraction of sp³-hybridized carbons (Fsp3) is 0.455. The first-order valence-electron chi connectivity index (χ1n) is 5.59. The fourth-order valence-corrected chi connectivity index (χ4v) is 2.55. The molecule has 0 aromatic heterocycles. The Balaban J connectivity index is 2.79. The van der Waals surface area contributed by atoms with Crippen molar-refractivity contribution in [2.24, 2.45) is 5.73 Å². The Kier molecular flexibility index (Phi) is 5.33. The second-order valence-corrected chi connectivity index (χ2v) is 5.86. The zero-order chi connectivity index (χ0) is 14.5. The minimum atomic E-state index is -4.50. The highest BCUT2D eigenvalue weighted by Crippen LogP contribution is 2.31. The van der Waals surface area contributed by atoms with Crippen LogP contribution in [0.25, 0.3) is 0 Å². The van der Waals surface area contributed by atoms with Crippen molar-refractivity contribution < 1.29 is 21.6 Å². The molecule has 0 amide bonds. The molecular formula is C11H15F3N2O2S. The third-order valence-electron chi connectivity index (χ3n) is 2.42. The maximum atomic E-state index is 12.7. The van der Waals surface area contributed by atoms with E-state index in [1.54, 1.807) is 0 Å². The van der Waals surface area contributed by atoms with Gasteiger partial charge in [-0.2, -0.15) is 13.2 Å². The maximum absolute atomic E-state index is 12.7. The zero-order valence-corrected chi connectivity index (χ0v) is 10.9. The summed E-state index contributed by atoms with van der Waals surface area (Å²) in [6, 6.07) is 4.85. The summed E-state index contributed by atoms with van der Waals surface area (Å²) < 4.78 is 63.1. The monoisotopic (exact) mass is 296 g/mol. The van der Waals surface area contributed by atoms with Crippen molar-refractivity contribution in [1.82, 2.24) is 4.72 Å². The van der Waals surface area contributed by atoms with Crippen LogP contribution in [-0.4, -0.2) is 20.7 Å². The Hall–Kier alpha value is -1.12. The number of nitrogens with two attached hydrogens (primary N) is 1. The van der Waals surface area contributed by atoms with Crippen molar-refractivity contribution >= 4 is 10.0 Å². The summed E-state index contributed by atoms with van der Waals surface area (Å²) in [7, 11) is -3.60. The van der Waals surface area contributed by atoms with Gasteiger partial charge in [0, 0.05) is 6.54 Å². The number of rotatable bonds is 6. The number of benzene rings is 1. The molecule has 0 bridgehead atoms. The highest BCUT2D eigenvalue weighted by molar-refractivity contribution is 7.89. The zero-order valence-electron chi connectivity index (χ0n) is 10.1. The van der Waals surface area contributed by atoms with Gasteiger partial charge in [-0.3, -0.25) is 0 Å². The molecule has 1 aromatic carbocycles. The Morgan fingerprint density at radius 1 is 1.21 bits per heavy atom. The molecule has 0 spiro atoms. The Morgan fingerprint density at radius 2 is 1.84 bits per heavy atom. The normalized spacial score (nSPS) is 12.6. The molecule has 1 rings (SSSR count). The lowest BCUT2D eigenvalue weighted by molar-refractivity contribution is -0.138. The van der Waals surface area contributed by atoms with E-state index in [1.165, 1.54) is 18.2 Å². The van der Waals surface area contributed by atoms with E-state index >= 15 is 0 Å². The molecule has 0 aliphatic carbocycles. The van der Waals surface area contributed by atoms with Crippen LogP contribution in [0.2, 0.25) is 0 Å². The Morgan fingerprint density at radius 3 is 2.42 bits per heavy atom. The van der Waals surface area contributed by atoms with Gasteiger partial charge in [0.15, 0.2) is 0 Å². The first kappa shape index (κ1) is 15.9. The Bertz CT molecular complexity index is 515. The van der Waals surface area contributed by atoms with Gasteiger partial charge in [-0.1, -0.05) is 18.2 Å². The van der Waals surface area contributed by atoms with E-state index in [-0.39, 0.29) is 30.8 Å². The van der Waals surface area contributed by atoms with E-state index in [0.717, 1.165) is 6.07 Å². The third kappa shape index (κ3) is 5.17. The minimum Gasteiger partial charge on any atom is -0.330 e. The molecule has 0 saturated heterocycles. The first-order valence-corrected chi connectivity index (χ1v) is 7.24. The smallest absolute Gasteiger partial charge is 0.330 e. The van der Waals surface area contributed by atoms with Crippen LogP contribution in [0.4, 0.5) is 13.2 Å². The predicted octanol–water partition coefficient (Wildman–Crippen LogP) is 1.47. The molecule has 0 heterocycles. The topological polar surface area (TPSA) is 72.2 Å². The number of hydrogen-bond acceptors (Lipinski definition) is 3. The van der Waals surface area contributed by atoms with Gasteiger partial charge in [-0.05, 0) is 24.6 Å². The lowest BCUT2D eigenvalue weighted by Gasteiger charge is -2.13. The van der Waals surface area contributed by atoms with Gasteiger partial charge in [0.05, 0.1) is 11.3 Å². The molecule has 3 N–H and O–H groups in total. The van der Waals surface area contributed by atoms with Gasteiger partial charge in [-0.25, -0.2) is 13.1 Å². The summed E-state index contributed by atoms with van der Waals surface area (Å²) >= 11 is 0. The van der Waals surface area contributed by atoms with Crippen molar-refractivity contribution in [1.29, 1.82) is 0 Å². The van der Waals surface area contributed by atoms with Gasteiger partial charge in [0.2, 0.25) is 10.0 Å². The molecule has 0 aliphatic rings. The van der Waals surface area contributed by atoms with Gasteiger partial charge in [-0.15, -0.1) is 0 Å². The van der Waals surface area contributed by atoms with Crippen molar-refractivity contribution in [3.63, 3.8) is 0 Å².